The number of benzene rings is 1. The summed E-state index contributed by atoms with van der Waals surface area (Å²) in [6.07, 6.45) is 6.56. The van der Waals surface area contributed by atoms with Crippen LogP contribution in [0.15, 0.2) is 54.1 Å². The summed E-state index contributed by atoms with van der Waals surface area (Å²) in [5, 5.41) is 10.3. The van der Waals surface area contributed by atoms with Gasteiger partial charge in [-0.1, -0.05) is 55.0 Å². The fourth-order valence-electron chi connectivity index (χ4n) is 5.71. The van der Waals surface area contributed by atoms with Gasteiger partial charge in [0.15, 0.2) is 5.78 Å². The van der Waals surface area contributed by atoms with Crippen LogP contribution in [0.3, 0.4) is 0 Å². The number of nitriles is 1. The van der Waals surface area contributed by atoms with Crippen molar-refractivity contribution in [1.82, 2.24) is 0 Å². The average Bonchev–Trinajstić information content (AvgIpc) is 2.69. The van der Waals surface area contributed by atoms with E-state index < -0.39 is 5.41 Å². The molecule has 0 saturated heterocycles. The first kappa shape index (κ1) is 18.2. The maximum absolute atomic E-state index is 12.0. The molecule has 3 nitrogen and oxygen atoms in total. The van der Waals surface area contributed by atoms with Crippen LogP contribution in [0.2, 0.25) is 0 Å². The Morgan fingerprint density at radius 1 is 1.22 bits per heavy atom. The van der Waals surface area contributed by atoms with E-state index in [2.05, 4.69) is 31.7 Å². The summed E-state index contributed by atoms with van der Waals surface area (Å²) in [4.78, 5) is 12.0. The number of carbonyl (C=O) groups is 1. The van der Waals surface area contributed by atoms with Crippen LogP contribution in [0.25, 0.3) is 0 Å². The van der Waals surface area contributed by atoms with E-state index in [1.165, 1.54) is 5.57 Å². The first-order valence-corrected chi connectivity index (χ1v) is 9.98. The van der Waals surface area contributed by atoms with Crippen LogP contribution in [0.1, 0.15) is 51.0 Å². The van der Waals surface area contributed by atoms with Crippen molar-refractivity contribution in [2.45, 2.75) is 58.2 Å². The summed E-state index contributed by atoms with van der Waals surface area (Å²) >= 11 is 0. The Hall–Kier alpha value is -2.18. The smallest absolute Gasteiger partial charge is 0.155 e. The molecule has 0 unspecified atom stereocenters. The van der Waals surface area contributed by atoms with Gasteiger partial charge >= 0.3 is 0 Å². The monoisotopic (exact) mass is 361 g/mol. The molecule has 27 heavy (non-hydrogen) atoms. The third-order valence-corrected chi connectivity index (χ3v) is 7.21. The molecule has 140 valence electrons. The van der Waals surface area contributed by atoms with Gasteiger partial charge in [0.1, 0.15) is 0 Å². The van der Waals surface area contributed by atoms with Gasteiger partial charge in [-0.25, -0.2) is 0 Å². The van der Waals surface area contributed by atoms with E-state index in [0.29, 0.717) is 13.0 Å². The predicted octanol–water partition coefficient (Wildman–Crippen LogP) is 5.14. The van der Waals surface area contributed by atoms with Crippen molar-refractivity contribution in [2.75, 3.05) is 0 Å². The second-order valence-electron chi connectivity index (χ2n) is 8.59. The van der Waals surface area contributed by atoms with Gasteiger partial charge in [0.25, 0.3) is 0 Å². The summed E-state index contributed by atoms with van der Waals surface area (Å²) in [5.74, 6) is 0.288. The van der Waals surface area contributed by atoms with E-state index in [4.69, 9.17) is 4.74 Å². The second kappa shape index (κ2) is 6.77. The number of hydrogen-bond donors (Lipinski definition) is 0. The number of fused-ring (bicyclic) bond motifs is 3. The predicted molar refractivity (Wildman–Crippen MR) is 105 cm³/mol. The molecule has 2 saturated carbocycles. The summed E-state index contributed by atoms with van der Waals surface area (Å²) in [7, 11) is 0. The van der Waals surface area contributed by atoms with Gasteiger partial charge in [-0.15, -0.1) is 0 Å². The highest BCUT2D eigenvalue weighted by Crippen LogP contribution is 2.64. The molecule has 0 heterocycles. The SMILES string of the molecule is C=C1CC[C@H](OCc2ccccc2)[C@@H]2[C@@]3(C)CCC(=O)C=C3CC[C@@]12C#N. The van der Waals surface area contributed by atoms with Gasteiger partial charge in [0.05, 0.1) is 24.2 Å². The third-order valence-electron chi connectivity index (χ3n) is 7.21. The van der Waals surface area contributed by atoms with Gasteiger partial charge < -0.3 is 4.74 Å². The Labute approximate surface area is 161 Å². The van der Waals surface area contributed by atoms with E-state index in [-0.39, 0.29) is 23.2 Å². The van der Waals surface area contributed by atoms with Gasteiger partial charge in [-0.05, 0) is 49.2 Å². The van der Waals surface area contributed by atoms with Crippen LogP contribution in [0.4, 0.5) is 0 Å². The molecule has 3 aliphatic rings. The molecule has 0 radical (unpaired) electrons. The topological polar surface area (TPSA) is 50.1 Å². The number of ether oxygens (including phenoxy) is 1. The Kier molecular flexibility index (Phi) is 4.56. The molecule has 0 aromatic heterocycles. The highest BCUT2D eigenvalue weighted by atomic mass is 16.5. The molecule has 4 rings (SSSR count). The van der Waals surface area contributed by atoms with Crippen LogP contribution in [-0.4, -0.2) is 11.9 Å². The van der Waals surface area contributed by atoms with Crippen LogP contribution in [0, 0.1) is 28.1 Å². The highest BCUT2D eigenvalue weighted by Gasteiger charge is 2.60. The lowest BCUT2D eigenvalue weighted by atomic mass is 9.45. The number of carbonyl (C=O) groups excluding carboxylic acids is 1. The van der Waals surface area contributed by atoms with Gasteiger partial charge in [0, 0.05) is 12.3 Å². The van der Waals surface area contributed by atoms with E-state index in [0.717, 1.165) is 43.2 Å². The van der Waals surface area contributed by atoms with Gasteiger partial charge in [0.2, 0.25) is 0 Å². The maximum atomic E-state index is 12.0. The molecule has 0 aliphatic heterocycles. The minimum Gasteiger partial charge on any atom is -0.373 e. The Morgan fingerprint density at radius 2 is 2.00 bits per heavy atom. The lowest BCUT2D eigenvalue weighted by molar-refractivity contribution is -0.121. The first-order chi connectivity index (χ1) is 13.0. The molecule has 0 amide bonds. The zero-order chi connectivity index (χ0) is 19.1. The second-order valence-corrected chi connectivity index (χ2v) is 8.59. The van der Waals surface area contributed by atoms with Crippen LogP contribution < -0.4 is 0 Å². The molecule has 3 aliphatic carbocycles. The van der Waals surface area contributed by atoms with E-state index >= 15 is 0 Å². The molecular formula is C24H27NO2. The van der Waals surface area contributed by atoms with E-state index in [1.807, 2.05) is 24.3 Å². The van der Waals surface area contributed by atoms with E-state index in [1.54, 1.807) is 0 Å². The summed E-state index contributed by atoms with van der Waals surface area (Å²) in [6.45, 7) is 7.12. The Morgan fingerprint density at radius 3 is 2.74 bits per heavy atom. The van der Waals surface area contributed by atoms with Crippen LogP contribution in [0.5, 0.6) is 0 Å². The Bertz CT molecular complexity index is 834. The minimum atomic E-state index is -0.536. The average molecular weight is 361 g/mol. The Balaban J connectivity index is 1.70. The fourth-order valence-corrected chi connectivity index (χ4v) is 5.71. The van der Waals surface area contributed by atoms with Crippen molar-refractivity contribution < 1.29 is 9.53 Å². The van der Waals surface area contributed by atoms with Crippen molar-refractivity contribution in [3.8, 4) is 6.07 Å². The molecule has 3 heteroatoms. The molecule has 0 bridgehead atoms. The normalized spacial score (nSPS) is 35.6. The third kappa shape index (κ3) is 2.87. The molecule has 0 spiro atoms. The standard InChI is InChI=1S/C24H27NO2/c1-17-8-9-21(27-15-18-6-4-3-5-7-18)22-23(2)12-11-20(26)14-19(23)10-13-24(17,22)16-25/h3-7,14,21-22H,1,8-13,15H2,2H3/t21-,22+,23-,24+/m0/s1. The first-order valence-electron chi connectivity index (χ1n) is 9.98. The van der Waals surface area contributed by atoms with Crippen LogP contribution in [-0.2, 0) is 16.1 Å². The summed E-state index contributed by atoms with van der Waals surface area (Å²) < 4.78 is 6.45. The number of rotatable bonds is 3. The van der Waals surface area contributed by atoms with Gasteiger partial charge in [-0.3, -0.25) is 4.79 Å². The largest absolute Gasteiger partial charge is 0.373 e. The van der Waals surface area contributed by atoms with Crippen molar-refractivity contribution in [3.63, 3.8) is 0 Å². The number of allylic oxidation sites excluding steroid dienone is 3. The molecule has 1 aromatic rings. The van der Waals surface area contributed by atoms with Crippen molar-refractivity contribution in [1.29, 1.82) is 5.26 Å². The zero-order valence-electron chi connectivity index (χ0n) is 16.0. The van der Waals surface area contributed by atoms with Crippen molar-refractivity contribution in [3.05, 3.63) is 59.7 Å². The van der Waals surface area contributed by atoms with Gasteiger partial charge in [-0.2, -0.15) is 5.26 Å². The quantitative estimate of drug-likeness (QED) is 0.701. The minimum absolute atomic E-state index is 0.0114. The van der Waals surface area contributed by atoms with Crippen LogP contribution >= 0.6 is 0 Å². The molecule has 2 fully saturated rings. The molecule has 4 atom stereocenters. The maximum Gasteiger partial charge on any atom is 0.155 e. The molecule has 1 aromatic carbocycles. The van der Waals surface area contributed by atoms with E-state index in [9.17, 15) is 10.1 Å². The number of hydrogen-bond acceptors (Lipinski definition) is 3. The lowest BCUT2D eigenvalue weighted by Gasteiger charge is -2.58. The van der Waals surface area contributed by atoms with Crippen molar-refractivity contribution in [2.24, 2.45) is 16.7 Å². The fraction of sp³-hybridized carbons (Fsp3) is 0.500. The molecule has 0 N–H and O–H groups in total. The zero-order valence-corrected chi connectivity index (χ0v) is 16.0. The summed E-state index contributed by atoms with van der Waals surface area (Å²) in [5.41, 5.74) is 2.74. The number of ketones is 1. The molecular weight excluding hydrogens is 334 g/mol. The summed E-state index contributed by atoms with van der Waals surface area (Å²) in [6, 6.07) is 12.9. The lowest BCUT2D eigenvalue weighted by Crippen LogP contribution is -2.56. The number of nitrogens with zero attached hydrogens (tertiary/aromatic N) is 1. The highest BCUT2D eigenvalue weighted by molar-refractivity contribution is 5.91. The van der Waals surface area contributed by atoms with Crippen molar-refractivity contribution >= 4 is 5.78 Å².